The number of carbonyl (C=O) groups is 3. The summed E-state index contributed by atoms with van der Waals surface area (Å²) >= 11 is 0. The first kappa shape index (κ1) is 17.3. The van der Waals surface area contributed by atoms with Crippen molar-refractivity contribution in [3.05, 3.63) is 42.0 Å². The van der Waals surface area contributed by atoms with E-state index in [1.807, 2.05) is 36.4 Å². The lowest BCUT2D eigenvalue weighted by Crippen LogP contribution is -2.43. The van der Waals surface area contributed by atoms with E-state index in [2.05, 4.69) is 10.6 Å². The molecule has 1 atom stereocenters. The first-order chi connectivity index (χ1) is 12.9. The van der Waals surface area contributed by atoms with Gasteiger partial charge >= 0.3 is 6.03 Å². The molecule has 0 radical (unpaired) electrons. The summed E-state index contributed by atoms with van der Waals surface area (Å²) in [6, 6.07) is 10.9. The third-order valence-corrected chi connectivity index (χ3v) is 5.14. The Bertz CT molecular complexity index is 953. The fraction of sp³-hybridized carbons (Fsp3) is 0.350. The fourth-order valence-corrected chi connectivity index (χ4v) is 3.34. The van der Waals surface area contributed by atoms with Crippen LogP contribution in [0, 0.1) is 0 Å². The molecule has 1 aliphatic carbocycles. The third kappa shape index (κ3) is 3.09. The Morgan fingerprint density at radius 1 is 1.22 bits per heavy atom. The van der Waals surface area contributed by atoms with Crippen molar-refractivity contribution in [1.82, 2.24) is 15.5 Å². The minimum atomic E-state index is -1.20. The zero-order chi connectivity index (χ0) is 19.2. The highest BCUT2D eigenvalue weighted by molar-refractivity contribution is 6.09. The normalized spacial score (nSPS) is 22.1. The quantitative estimate of drug-likeness (QED) is 0.790. The van der Waals surface area contributed by atoms with E-state index in [0.717, 1.165) is 34.3 Å². The van der Waals surface area contributed by atoms with Gasteiger partial charge in [-0.15, -0.1) is 0 Å². The largest absolute Gasteiger partial charge is 0.497 e. The van der Waals surface area contributed by atoms with Gasteiger partial charge in [0.2, 0.25) is 5.91 Å². The number of ether oxygens (including phenoxy) is 1. The van der Waals surface area contributed by atoms with Gasteiger partial charge in [-0.3, -0.25) is 14.5 Å². The van der Waals surface area contributed by atoms with Crippen LogP contribution in [0.5, 0.6) is 5.75 Å². The molecule has 1 saturated carbocycles. The number of rotatable bonds is 5. The highest BCUT2D eigenvalue weighted by Crippen LogP contribution is 2.32. The maximum absolute atomic E-state index is 13.0. The molecule has 2 aliphatic rings. The molecule has 1 saturated heterocycles. The van der Waals surface area contributed by atoms with Gasteiger partial charge in [-0.05, 0) is 54.3 Å². The Kier molecular flexibility index (Phi) is 4.02. The van der Waals surface area contributed by atoms with Gasteiger partial charge in [-0.25, -0.2) is 4.79 Å². The summed E-state index contributed by atoms with van der Waals surface area (Å²) in [6.07, 6.45) is 1.90. The van der Waals surface area contributed by atoms with Gasteiger partial charge in [-0.1, -0.05) is 18.2 Å². The van der Waals surface area contributed by atoms with Crippen molar-refractivity contribution in [1.29, 1.82) is 0 Å². The predicted molar refractivity (Wildman–Crippen MR) is 99.3 cm³/mol. The van der Waals surface area contributed by atoms with Gasteiger partial charge in [0.1, 0.15) is 17.8 Å². The molecule has 1 aliphatic heterocycles. The van der Waals surface area contributed by atoms with E-state index in [4.69, 9.17) is 4.74 Å². The maximum atomic E-state index is 13.0. The molecule has 1 heterocycles. The molecule has 0 spiro atoms. The number of imide groups is 1. The van der Waals surface area contributed by atoms with E-state index in [0.29, 0.717) is 5.56 Å². The van der Waals surface area contributed by atoms with E-state index in [1.165, 1.54) is 0 Å². The summed E-state index contributed by atoms with van der Waals surface area (Å²) in [4.78, 5) is 38.3. The molecule has 7 heteroatoms. The summed E-state index contributed by atoms with van der Waals surface area (Å²) in [7, 11) is 1.61. The summed E-state index contributed by atoms with van der Waals surface area (Å²) < 4.78 is 5.23. The molecule has 2 aromatic carbocycles. The van der Waals surface area contributed by atoms with Crippen LogP contribution in [0.15, 0.2) is 36.4 Å². The first-order valence-corrected chi connectivity index (χ1v) is 8.92. The fourth-order valence-electron chi connectivity index (χ4n) is 3.34. The minimum Gasteiger partial charge on any atom is -0.497 e. The molecule has 4 amide bonds. The van der Waals surface area contributed by atoms with E-state index in [1.54, 1.807) is 14.0 Å². The molecular weight excluding hydrogens is 346 g/mol. The molecule has 0 aromatic heterocycles. The molecule has 27 heavy (non-hydrogen) atoms. The first-order valence-electron chi connectivity index (χ1n) is 8.92. The SMILES string of the molecule is COc1ccc2cc(C3(C)NC(=O)N(CC(=O)NC4CC4)C3=O)ccc2c1. The van der Waals surface area contributed by atoms with Crippen LogP contribution in [0.4, 0.5) is 4.79 Å². The Labute approximate surface area is 156 Å². The molecule has 7 nitrogen and oxygen atoms in total. The monoisotopic (exact) mass is 367 g/mol. The zero-order valence-electron chi connectivity index (χ0n) is 15.2. The lowest BCUT2D eigenvalue weighted by atomic mass is 9.90. The van der Waals surface area contributed by atoms with Gasteiger partial charge < -0.3 is 15.4 Å². The van der Waals surface area contributed by atoms with Gasteiger partial charge in [0.05, 0.1) is 7.11 Å². The minimum absolute atomic E-state index is 0.183. The molecule has 140 valence electrons. The third-order valence-electron chi connectivity index (χ3n) is 5.14. The van der Waals surface area contributed by atoms with Crippen molar-refractivity contribution in [3.63, 3.8) is 0 Å². The Hall–Kier alpha value is -3.09. The van der Waals surface area contributed by atoms with Gasteiger partial charge in [0.25, 0.3) is 5.91 Å². The lowest BCUT2D eigenvalue weighted by Gasteiger charge is -2.22. The molecular formula is C20H21N3O4. The van der Waals surface area contributed by atoms with Crippen LogP contribution < -0.4 is 15.4 Å². The number of methoxy groups -OCH3 is 1. The topological polar surface area (TPSA) is 87.7 Å². The number of nitrogens with one attached hydrogen (secondary N) is 2. The van der Waals surface area contributed by atoms with E-state index in [9.17, 15) is 14.4 Å². The second kappa shape index (κ2) is 6.26. The van der Waals surface area contributed by atoms with Gasteiger partial charge in [0.15, 0.2) is 0 Å². The van der Waals surface area contributed by atoms with E-state index >= 15 is 0 Å². The van der Waals surface area contributed by atoms with E-state index < -0.39 is 17.5 Å². The second-order valence-electron chi connectivity index (χ2n) is 7.22. The molecule has 2 N–H and O–H groups in total. The predicted octanol–water partition coefficient (Wildman–Crippen LogP) is 1.89. The van der Waals surface area contributed by atoms with Crippen LogP contribution in [0.3, 0.4) is 0 Å². The highest BCUT2D eigenvalue weighted by Gasteiger charge is 2.49. The number of hydrogen-bond donors (Lipinski definition) is 2. The number of nitrogens with zero attached hydrogens (tertiary/aromatic N) is 1. The summed E-state index contributed by atoms with van der Waals surface area (Å²) in [6.45, 7) is 1.40. The number of amides is 4. The van der Waals surface area contributed by atoms with Crippen LogP contribution in [-0.2, 0) is 15.1 Å². The Morgan fingerprint density at radius 2 is 1.93 bits per heavy atom. The summed E-state index contributed by atoms with van der Waals surface area (Å²) in [5.74, 6) is 0.0155. The van der Waals surface area contributed by atoms with Gasteiger partial charge in [-0.2, -0.15) is 0 Å². The average molecular weight is 367 g/mol. The summed E-state index contributed by atoms with van der Waals surface area (Å²) in [5, 5.41) is 7.44. The zero-order valence-corrected chi connectivity index (χ0v) is 15.2. The Morgan fingerprint density at radius 3 is 2.63 bits per heavy atom. The second-order valence-corrected chi connectivity index (χ2v) is 7.22. The number of hydrogen-bond acceptors (Lipinski definition) is 4. The maximum Gasteiger partial charge on any atom is 0.325 e. The van der Waals surface area contributed by atoms with Crippen molar-refractivity contribution >= 4 is 28.6 Å². The van der Waals surface area contributed by atoms with Crippen LogP contribution in [0.1, 0.15) is 25.3 Å². The number of urea groups is 1. The van der Waals surface area contributed by atoms with Crippen LogP contribution >= 0.6 is 0 Å². The van der Waals surface area contributed by atoms with Crippen LogP contribution in [-0.4, -0.2) is 42.4 Å². The van der Waals surface area contributed by atoms with Crippen molar-refractivity contribution in [2.75, 3.05) is 13.7 Å². The van der Waals surface area contributed by atoms with Crippen molar-refractivity contribution in [3.8, 4) is 5.75 Å². The lowest BCUT2D eigenvalue weighted by molar-refractivity contribution is -0.134. The standard InChI is InChI=1S/C20H21N3O4/c1-20(14-5-3-13-10-16(27-2)8-4-12(13)9-14)18(25)23(19(26)22-20)11-17(24)21-15-6-7-15/h3-5,8-10,15H,6-7,11H2,1-2H3,(H,21,24)(H,22,26). The summed E-state index contributed by atoms with van der Waals surface area (Å²) in [5.41, 5.74) is -0.533. The van der Waals surface area contributed by atoms with Crippen LogP contribution in [0.2, 0.25) is 0 Å². The molecule has 4 rings (SSSR count). The van der Waals surface area contributed by atoms with Gasteiger partial charge in [0, 0.05) is 6.04 Å². The highest BCUT2D eigenvalue weighted by atomic mass is 16.5. The molecule has 2 fully saturated rings. The number of carbonyl (C=O) groups excluding carboxylic acids is 3. The molecule has 0 bridgehead atoms. The average Bonchev–Trinajstić information content (AvgIpc) is 3.44. The molecule has 2 aromatic rings. The van der Waals surface area contributed by atoms with Crippen molar-refractivity contribution in [2.45, 2.75) is 31.3 Å². The Balaban J connectivity index is 1.60. The number of benzene rings is 2. The van der Waals surface area contributed by atoms with Crippen molar-refractivity contribution < 1.29 is 19.1 Å². The van der Waals surface area contributed by atoms with Crippen molar-refractivity contribution in [2.24, 2.45) is 0 Å². The smallest absolute Gasteiger partial charge is 0.325 e. The van der Waals surface area contributed by atoms with E-state index in [-0.39, 0.29) is 18.5 Å². The van der Waals surface area contributed by atoms with Crippen LogP contribution in [0.25, 0.3) is 10.8 Å². The molecule has 1 unspecified atom stereocenters. The number of fused-ring (bicyclic) bond motifs is 1.